The zero-order valence-electron chi connectivity index (χ0n) is 16.1. The first-order valence-corrected chi connectivity index (χ1v) is 9.12. The monoisotopic (exact) mass is 359 g/mol. The Morgan fingerprint density at radius 2 is 1.85 bits per heavy atom. The van der Waals surface area contributed by atoms with Crippen molar-refractivity contribution in [1.82, 2.24) is 4.98 Å². The maximum Gasteiger partial charge on any atom is 0.133 e. The molecular formula is C23H22FN3. The highest BCUT2D eigenvalue weighted by atomic mass is 19.1. The van der Waals surface area contributed by atoms with Gasteiger partial charge in [-0.05, 0) is 66.8 Å². The molecule has 0 aliphatic heterocycles. The molecule has 4 heteroatoms. The average molecular weight is 359 g/mol. The van der Waals surface area contributed by atoms with Crippen molar-refractivity contribution < 1.29 is 4.39 Å². The van der Waals surface area contributed by atoms with Crippen molar-refractivity contribution in [3.63, 3.8) is 0 Å². The zero-order valence-corrected chi connectivity index (χ0v) is 16.1. The Balaban J connectivity index is 2.31. The van der Waals surface area contributed by atoms with Crippen LogP contribution >= 0.6 is 0 Å². The fraction of sp³-hybridized carbons (Fsp3) is 0.261. The molecule has 0 amide bonds. The summed E-state index contributed by atoms with van der Waals surface area (Å²) in [4.78, 5) is 9.01. The highest BCUT2D eigenvalue weighted by Crippen LogP contribution is 2.28. The number of nitriles is 1. The Bertz CT molecular complexity index is 1090. The highest BCUT2D eigenvalue weighted by molar-refractivity contribution is 6.20. The topological polar surface area (TPSA) is 49.0 Å². The summed E-state index contributed by atoms with van der Waals surface area (Å²) in [5, 5.41) is 9.98. The summed E-state index contributed by atoms with van der Waals surface area (Å²) in [6.07, 6.45) is 3.69. The predicted octanol–water partition coefficient (Wildman–Crippen LogP) is 5.15. The molecule has 136 valence electrons. The lowest BCUT2D eigenvalue weighted by molar-refractivity contribution is 0.625. The van der Waals surface area contributed by atoms with Crippen LogP contribution in [0.15, 0.2) is 41.5 Å². The molecule has 0 radical (unpaired) electrons. The SMILES string of the molecule is CCc1cc2ncc(C)c(C(=NC)c3ccc(C#N)cc3F)c2cc1CC. The van der Waals surface area contributed by atoms with Crippen molar-refractivity contribution >= 4 is 16.6 Å². The third-order valence-electron chi connectivity index (χ3n) is 4.95. The van der Waals surface area contributed by atoms with E-state index in [0.717, 1.165) is 34.9 Å². The van der Waals surface area contributed by atoms with Crippen LogP contribution < -0.4 is 0 Å². The fourth-order valence-corrected chi connectivity index (χ4v) is 3.54. The van der Waals surface area contributed by atoms with E-state index in [0.29, 0.717) is 16.8 Å². The average Bonchev–Trinajstić information content (AvgIpc) is 2.69. The molecule has 3 nitrogen and oxygen atoms in total. The minimum absolute atomic E-state index is 0.295. The molecule has 3 aromatic rings. The Morgan fingerprint density at radius 3 is 2.44 bits per heavy atom. The number of rotatable bonds is 4. The van der Waals surface area contributed by atoms with Crippen molar-refractivity contribution in [1.29, 1.82) is 5.26 Å². The van der Waals surface area contributed by atoms with Crippen LogP contribution in [0.2, 0.25) is 0 Å². The van der Waals surface area contributed by atoms with E-state index in [9.17, 15) is 4.39 Å². The van der Waals surface area contributed by atoms with Gasteiger partial charge in [-0.25, -0.2) is 4.39 Å². The van der Waals surface area contributed by atoms with Crippen LogP contribution in [0.25, 0.3) is 10.9 Å². The van der Waals surface area contributed by atoms with Crippen LogP contribution in [-0.2, 0) is 12.8 Å². The first kappa shape index (κ1) is 18.7. The van der Waals surface area contributed by atoms with Crippen LogP contribution in [0.5, 0.6) is 0 Å². The van der Waals surface area contributed by atoms with E-state index in [1.54, 1.807) is 19.2 Å². The van der Waals surface area contributed by atoms with Gasteiger partial charge in [-0.1, -0.05) is 13.8 Å². The number of aliphatic imine (C=N–C) groups is 1. The summed E-state index contributed by atoms with van der Waals surface area (Å²) in [5.41, 5.74) is 6.55. The highest BCUT2D eigenvalue weighted by Gasteiger charge is 2.18. The van der Waals surface area contributed by atoms with E-state index >= 15 is 0 Å². The van der Waals surface area contributed by atoms with Gasteiger partial charge >= 0.3 is 0 Å². The van der Waals surface area contributed by atoms with Gasteiger partial charge in [-0.2, -0.15) is 5.26 Å². The summed E-state index contributed by atoms with van der Waals surface area (Å²) in [6.45, 7) is 6.24. The smallest absolute Gasteiger partial charge is 0.133 e. The summed E-state index contributed by atoms with van der Waals surface area (Å²) >= 11 is 0. The van der Waals surface area contributed by atoms with Crippen molar-refractivity contribution in [2.45, 2.75) is 33.6 Å². The molecule has 0 N–H and O–H groups in total. The molecule has 0 aliphatic carbocycles. The van der Waals surface area contributed by atoms with E-state index in [1.807, 2.05) is 19.2 Å². The largest absolute Gasteiger partial charge is 0.287 e. The first-order valence-electron chi connectivity index (χ1n) is 9.12. The zero-order chi connectivity index (χ0) is 19.6. The van der Waals surface area contributed by atoms with Crippen LogP contribution in [0.1, 0.15) is 47.2 Å². The van der Waals surface area contributed by atoms with E-state index in [2.05, 4.69) is 36.0 Å². The van der Waals surface area contributed by atoms with Gasteiger partial charge in [0.2, 0.25) is 0 Å². The minimum Gasteiger partial charge on any atom is -0.287 e. The Hall–Kier alpha value is -3.06. The summed E-state index contributed by atoms with van der Waals surface area (Å²) in [7, 11) is 1.67. The lowest BCUT2D eigenvalue weighted by atomic mass is 9.91. The Kier molecular flexibility index (Phi) is 5.32. The molecule has 0 aliphatic rings. The molecule has 3 rings (SSSR count). The molecule has 1 aromatic heterocycles. The van der Waals surface area contributed by atoms with Gasteiger partial charge in [0.1, 0.15) is 5.82 Å². The quantitative estimate of drug-likeness (QED) is 0.605. The molecule has 0 atom stereocenters. The minimum atomic E-state index is -0.445. The van der Waals surface area contributed by atoms with Crippen LogP contribution in [0, 0.1) is 24.1 Å². The second-order valence-electron chi connectivity index (χ2n) is 6.54. The molecule has 0 spiro atoms. The Labute approximate surface area is 159 Å². The maximum atomic E-state index is 14.7. The van der Waals surface area contributed by atoms with Gasteiger partial charge in [0.15, 0.2) is 0 Å². The van der Waals surface area contributed by atoms with Crippen molar-refractivity contribution in [2.75, 3.05) is 7.05 Å². The lowest BCUT2D eigenvalue weighted by Crippen LogP contribution is -2.10. The van der Waals surface area contributed by atoms with Crippen molar-refractivity contribution in [2.24, 2.45) is 4.99 Å². The molecule has 0 saturated carbocycles. The number of halogens is 1. The van der Waals surface area contributed by atoms with E-state index in [4.69, 9.17) is 5.26 Å². The third kappa shape index (κ3) is 3.33. The fourth-order valence-electron chi connectivity index (χ4n) is 3.54. The van der Waals surface area contributed by atoms with Gasteiger partial charge in [-0.15, -0.1) is 0 Å². The van der Waals surface area contributed by atoms with Crippen LogP contribution in [0.4, 0.5) is 4.39 Å². The number of aryl methyl sites for hydroxylation is 3. The van der Waals surface area contributed by atoms with Gasteiger partial charge in [0, 0.05) is 29.8 Å². The van der Waals surface area contributed by atoms with E-state index in [1.165, 1.54) is 17.2 Å². The van der Waals surface area contributed by atoms with Gasteiger partial charge < -0.3 is 0 Å². The number of hydrogen-bond acceptors (Lipinski definition) is 3. The normalized spacial score (nSPS) is 11.6. The number of pyridine rings is 1. The first-order chi connectivity index (χ1) is 13.0. The van der Waals surface area contributed by atoms with Crippen molar-refractivity contribution in [3.05, 3.63) is 75.7 Å². The summed E-state index contributed by atoms with van der Waals surface area (Å²) in [5.74, 6) is -0.445. The standard InChI is InChI=1S/C23H22FN3/c1-5-16-10-19-21(11-17(16)6-2)27-13-14(3)22(19)23(26-4)18-8-7-15(12-25)9-20(18)24/h7-11,13H,5-6H2,1-4H3. The van der Waals surface area contributed by atoms with Crippen LogP contribution in [0.3, 0.4) is 0 Å². The molecule has 0 bridgehead atoms. The van der Waals surface area contributed by atoms with E-state index < -0.39 is 5.82 Å². The van der Waals surface area contributed by atoms with Gasteiger partial charge in [0.25, 0.3) is 0 Å². The molecule has 1 heterocycles. The molecular weight excluding hydrogens is 337 g/mol. The second kappa shape index (κ2) is 7.67. The number of benzene rings is 2. The Morgan fingerprint density at radius 1 is 1.15 bits per heavy atom. The van der Waals surface area contributed by atoms with E-state index in [-0.39, 0.29) is 0 Å². The number of fused-ring (bicyclic) bond motifs is 1. The predicted molar refractivity (Wildman–Crippen MR) is 108 cm³/mol. The number of nitrogens with zero attached hydrogens (tertiary/aromatic N) is 3. The lowest BCUT2D eigenvalue weighted by Gasteiger charge is -2.16. The van der Waals surface area contributed by atoms with Crippen LogP contribution in [-0.4, -0.2) is 17.7 Å². The summed E-state index contributed by atoms with van der Waals surface area (Å²) in [6, 6.07) is 10.8. The van der Waals surface area contributed by atoms with Gasteiger partial charge in [0.05, 0.1) is 22.9 Å². The molecule has 0 fully saturated rings. The maximum absolute atomic E-state index is 14.7. The third-order valence-corrected chi connectivity index (χ3v) is 4.95. The van der Waals surface area contributed by atoms with Gasteiger partial charge in [-0.3, -0.25) is 9.98 Å². The molecule has 27 heavy (non-hydrogen) atoms. The number of aromatic nitrogens is 1. The summed E-state index contributed by atoms with van der Waals surface area (Å²) < 4.78 is 14.7. The van der Waals surface area contributed by atoms with Crippen molar-refractivity contribution in [3.8, 4) is 6.07 Å². The molecule has 0 unspecified atom stereocenters. The number of hydrogen-bond donors (Lipinski definition) is 0. The molecule has 0 saturated heterocycles. The molecule has 2 aromatic carbocycles. The second-order valence-corrected chi connectivity index (χ2v) is 6.54.